The third-order valence-corrected chi connectivity index (χ3v) is 8.07. The Morgan fingerprint density at radius 2 is 1.90 bits per heavy atom. The van der Waals surface area contributed by atoms with Gasteiger partial charge >= 0.3 is 5.97 Å². The summed E-state index contributed by atoms with van der Waals surface area (Å²) in [5.41, 5.74) is 3.51. The molecule has 2 atom stereocenters. The van der Waals surface area contributed by atoms with E-state index in [9.17, 15) is 18.9 Å². The first kappa shape index (κ1) is 29.7. The number of aliphatic carboxylic acids is 1. The van der Waals surface area contributed by atoms with E-state index in [-0.39, 0.29) is 25.0 Å². The molecule has 10 nitrogen and oxygen atoms in total. The van der Waals surface area contributed by atoms with Crippen LogP contribution in [0.3, 0.4) is 0 Å². The predicted molar refractivity (Wildman–Crippen MR) is 154 cm³/mol. The second-order valence-electron chi connectivity index (χ2n) is 10.0. The molecule has 1 aliphatic carbocycles. The van der Waals surface area contributed by atoms with Gasteiger partial charge in [-0.2, -0.15) is 4.98 Å². The fraction of sp³-hybridized carbons (Fsp3) is 0.483. The third-order valence-electron chi connectivity index (χ3n) is 7.09. The van der Waals surface area contributed by atoms with Gasteiger partial charge in [0.1, 0.15) is 22.6 Å². The van der Waals surface area contributed by atoms with Gasteiger partial charge in [-0.15, -0.1) is 0 Å². The highest BCUT2D eigenvalue weighted by atomic mass is 32.2. The first-order valence-corrected chi connectivity index (χ1v) is 14.9. The molecule has 4 rings (SSSR count). The lowest BCUT2D eigenvalue weighted by atomic mass is 10.0. The van der Waals surface area contributed by atoms with Gasteiger partial charge in [0.05, 0.1) is 30.0 Å². The Morgan fingerprint density at radius 3 is 2.50 bits per heavy atom. The van der Waals surface area contributed by atoms with Gasteiger partial charge in [0.2, 0.25) is 5.71 Å². The van der Waals surface area contributed by atoms with Gasteiger partial charge in [0.25, 0.3) is 5.91 Å². The number of aromatic nitrogens is 1. The maximum atomic E-state index is 13.0. The fourth-order valence-corrected chi connectivity index (χ4v) is 5.39. The molecule has 1 aliphatic rings. The van der Waals surface area contributed by atoms with Gasteiger partial charge in [0.15, 0.2) is 0 Å². The number of carbonyl (C=O) groups excluding carboxylic acids is 1. The summed E-state index contributed by atoms with van der Waals surface area (Å²) in [5.74, 6) is -0.433. The summed E-state index contributed by atoms with van der Waals surface area (Å²) in [7, 11) is 1.72. The smallest absolute Gasteiger partial charge is 0.306 e. The molecule has 2 aromatic heterocycles. The van der Waals surface area contributed by atoms with Crippen molar-refractivity contribution in [1.82, 2.24) is 10.3 Å². The average Bonchev–Trinajstić information content (AvgIpc) is 3.71. The van der Waals surface area contributed by atoms with Crippen molar-refractivity contribution in [3.63, 3.8) is 0 Å². The van der Waals surface area contributed by atoms with E-state index < -0.39 is 22.9 Å². The molecule has 3 aromatic rings. The Hall–Kier alpha value is -3.28. The quantitative estimate of drug-likeness (QED) is 0.259. The normalized spacial score (nSPS) is 14.7. The minimum absolute atomic E-state index is 0.246. The van der Waals surface area contributed by atoms with Crippen LogP contribution in [0.2, 0.25) is 0 Å². The Kier molecular flexibility index (Phi) is 9.94. The van der Waals surface area contributed by atoms with E-state index in [1.165, 1.54) is 0 Å². The summed E-state index contributed by atoms with van der Waals surface area (Å²) in [6.45, 7) is 3.17. The van der Waals surface area contributed by atoms with Crippen LogP contribution in [0, 0.1) is 12.8 Å². The Balaban J connectivity index is 1.61. The second-order valence-corrected chi connectivity index (χ2v) is 11.3. The number of fused-ring (bicyclic) bond motifs is 1. The van der Waals surface area contributed by atoms with Crippen molar-refractivity contribution in [2.45, 2.75) is 38.5 Å². The predicted octanol–water partition coefficient (Wildman–Crippen LogP) is 4.28. The van der Waals surface area contributed by atoms with Crippen LogP contribution in [0.15, 0.2) is 34.7 Å². The number of nitrogens with zero attached hydrogens (tertiary/aromatic N) is 2. The maximum Gasteiger partial charge on any atom is 0.306 e. The van der Waals surface area contributed by atoms with Gasteiger partial charge in [0, 0.05) is 39.2 Å². The Bertz CT molecular complexity index is 1370. The molecule has 40 heavy (non-hydrogen) atoms. The van der Waals surface area contributed by atoms with E-state index in [0.29, 0.717) is 54.2 Å². The lowest BCUT2D eigenvalue weighted by molar-refractivity contribution is -0.143. The van der Waals surface area contributed by atoms with E-state index in [2.05, 4.69) is 5.32 Å². The number of carbonyl (C=O) groups is 2. The largest absolute Gasteiger partial charge is 0.481 e. The molecule has 1 saturated carbocycles. The van der Waals surface area contributed by atoms with Crippen molar-refractivity contribution in [3.05, 3.63) is 47.0 Å². The molecule has 2 N–H and O–H groups in total. The number of methoxy groups -OCH3 is 1. The number of rotatable bonds is 15. The third kappa shape index (κ3) is 6.89. The molecule has 1 amide bonds. The van der Waals surface area contributed by atoms with Crippen LogP contribution in [-0.4, -0.2) is 73.0 Å². The molecular formula is C29H37N3O7S. The summed E-state index contributed by atoms with van der Waals surface area (Å²) in [6, 6.07) is 9.70. The molecule has 0 radical (unpaired) electrons. The zero-order chi connectivity index (χ0) is 28.8. The molecule has 2 heterocycles. The zero-order valence-electron chi connectivity index (χ0n) is 23.4. The number of carboxylic acids is 1. The zero-order valence-corrected chi connectivity index (χ0v) is 24.2. The van der Waals surface area contributed by atoms with Gasteiger partial charge in [-0.25, -0.2) is 4.21 Å². The number of ether oxygens (including phenoxy) is 2. The summed E-state index contributed by atoms with van der Waals surface area (Å²) in [5, 5.41) is 12.7. The molecule has 0 aliphatic heterocycles. The van der Waals surface area contributed by atoms with E-state index in [4.69, 9.17) is 18.9 Å². The fourth-order valence-electron chi connectivity index (χ4n) is 4.67. The first-order valence-electron chi connectivity index (χ1n) is 13.4. The molecule has 0 spiro atoms. The monoisotopic (exact) mass is 571 g/mol. The highest BCUT2D eigenvalue weighted by Gasteiger charge is 2.33. The summed E-state index contributed by atoms with van der Waals surface area (Å²) in [4.78, 5) is 29.3. The number of hydrogen-bond donors (Lipinski definition) is 2. The topological polar surface area (TPSA) is 131 Å². The number of aryl methyl sites for hydroxylation is 1. The number of anilines is 1. The van der Waals surface area contributed by atoms with E-state index in [0.717, 1.165) is 29.5 Å². The molecular weight excluding hydrogens is 534 g/mol. The second kappa shape index (κ2) is 13.4. The molecule has 0 saturated heterocycles. The Labute approximate surface area is 236 Å². The lowest BCUT2D eigenvalue weighted by Gasteiger charge is -2.23. The number of furan rings is 1. The van der Waals surface area contributed by atoms with Gasteiger partial charge in [-0.3, -0.25) is 13.9 Å². The van der Waals surface area contributed by atoms with Crippen LogP contribution in [-0.2, 0) is 25.3 Å². The van der Waals surface area contributed by atoms with Crippen molar-refractivity contribution in [1.29, 1.82) is 0 Å². The molecule has 11 heteroatoms. The molecule has 0 bridgehead atoms. The molecule has 1 fully saturated rings. The highest BCUT2D eigenvalue weighted by Crippen LogP contribution is 2.46. The number of carboxylic acid groups (broad SMARTS) is 1. The average molecular weight is 572 g/mol. The lowest BCUT2D eigenvalue weighted by Crippen LogP contribution is -2.31. The highest BCUT2D eigenvalue weighted by molar-refractivity contribution is 7.85. The number of benzene rings is 1. The number of nitrogens with one attached hydrogen (secondary N) is 1. The Morgan fingerprint density at radius 1 is 1.20 bits per heavy atom. The molecule has 2 unspecified atom stereocenters. The van der Waals surface area contributed by atoms with Crippen LogP contribution in [0.1, 0.15) is 53.1 Å². The van der Waals surface area contributed by atoms with Gasteiger partial charge in [-0.05, 0) is 50.2 Å². The standard InChI is InChI=1S/C29H37N3O7S/c1-18-5-7-20(8-6-18)25-24(27(33)30-2)23-17-22(19-9-10-19)26(31-28(23)39-25)32(40(4)36)13-16-38-15-12-21(29(34)35)11-14-37-3/h5-8,17,19,21H,9-16H2,1-4H3,(H,30,33)(H,34,35). The molecule has 216 valence electrons. The van der Waals surface area contributed by atoms with E-state index in [1.54, 1.807) is 24.7 Å². The minimum Gasteiger partial charge on any atom is -0.481 e. The SMILES string of the molecule is CNC(=O)c1c(-c2ccc(C)cc2)oc2nc(N(CCOCCC(CCOC)C(=O)O)S(C)=O)c(C3CC3)cc12. The van der Waals surface area contributed by atoms with Crippen LogP contribution in [0.25, 0.3) is 22.4 Å². The van der Waals surface area contributed by atoms with Crippen molar-refractivity contribution in [2.24, 2.45) is 5.92 Å². The van der Waals surface area contributed by atoms with Gasteiger partial charge < -0.3 is 24.3 Å². The van der Waals surface area contributed by atoms with Crippen LogP contribution < -0.4 is 9.62 Å². The van der Waals surface area contributed by atoms with Crippen molar-refractivity contribution in [2.75, 3.05) is 51.1 Å². The first-order chi connectivity index (χ1) is 19.2. The number of amides is 1. The van der Waals surface area contributed by atoms with Gasteiger partial charge in [-0.1, -0.05) is 29.8 Å². The maximum absolute atomic E-state index is 13.0. The molecule has 1 aromatic carbocycles. The summed E-state index contributed by atoms with van der Waals surface area (Å²) >= 11 is 0. The van der Waals surface area contributed by atoms with Crippen molar-refractivity contribution < 1.29 is 32.8 Å². The summed E-state index contributed by atoms with van der Waals surface area (Å²) in [6.07, 6.45) is 4.33. The summed E-state index contributed by atoms with van der Waals surface area (Å²) < 4.78 is 31.5. The van der Waals surface area contributed by atoms with Crippen LogP contribution in [0.4, 0.5) is 5.82 Å². The van der Waals surface area contributed by atoms with Crippen LogP contribution in [0.5, 0.6) is 0 Å². The van der Waals surface area contributed by atoms with Crippen molar-refractivity contribution in [3.8, 4) is 11.3 Å². The van der Waals surface area contributed by atoms with Crippen molar-refractivity contribution >= 4 is 39.8 Å². The van der Waals surface area contributed by atoms with E-state index in [1.807, 2.05) is 37.3 Å². The minimum atomic E-state index is -1.41. The van der Waals surface area contributed by atoms with E-state index >= 15 is 0 Å². The number of hydrogen-bond acceptors (Lipinski definition) is 7. The number of pyridine rings is 1. The van der Waals surface area contributed by atoms with Crippen LogP contribution >= 0.6 is 0 Å².